The average molecular weight is 448 g/mol. The largest absolute Gasteiger partial charge is 0.416 e. The van der Waals surface area contributed by atoms with Crippen molar-refractivity contribution in [2.75, 3.05) is 0 Å². The summed E-state index contributed by atoms with van der Waals surface area (Å²) in [6.45, 7) is 3.68. The van der Waals surface area contributed by atoms with Gasteiger partial charge in [-0.25, -0.2) is 0 Å². The molecule has 1 amide bonds. The van der Waals surface area contributed by atoms with Crippen molar-refractivity contribution in [2.45, 2.75) is 58.2 Å². The second-order valence-corrected chi connectivity index (χ2v) is 9.03. The first-order chi connectivity index (χ1) is 14.7. The highest BCUT2D eigenvalue weighted by molar-refractivity contribution is 8.18. The molecule has 0 unspecified atom stereocenters. The second kappa shape index (κ2) is 8.57. The number of aromatic nitrogens is 1. The van der Waals surface area contributed by atoms with Gasteiger partial charge < -0.3 is 9.88 Å². The Bertz CT molecular complexity index is 1060. The van der Waals surface area contributed by atoms with Crippen molar-refractivity contribution in [3.63, 3.8) is 0 Å². The Labute approximate surface area is 183 Å². The topological polar surface area (TPSA) is 46.4 Å². The fourth-order valence-corrected chi connectivity index (χ4v) is 5.04. The number of hydrogen-bond acceptors (Lipinski definition) is 3. The summed E-state index contributed by atoms with van der Waals surface area (Å²) in [5, 5.41) is 3.48. The van der Waals surface area contributed by atoms with Gasteiger partial charge in [0.1, 0.15) is 0 Å². The molecule has 1 N–H and O–H groups in total. The number of rotatable bonds is 3. The van der Waals surface area contributed by atoms with Crippen LogP contribution in [0.4, 0.5) is 13.2 Å². The van der Waals surface area contributed by atoms with Gasteiger partial charge in [-0.05, 0) is 74.4 Å². The Hall–Kier alpha value is -2.48. The van der Waals surface area contributed by atoms with Crippen molar-refractivity contribution >= 4 is 28.9 Å². The third-order valence-electron chi connectivity index (χ3n) is 5.71. The molecule has 1 aromatic heterocycles. The quantitative estimate of drug-likeness (QED) is 0.586. The molecule has 0 radical (unpaired) electrons. The summed E-state index contributed by atoms with van der Waals surface area (Å²) in [5.41, 5.74) is 2.12. The summed E-state index contributed by atoms with van der Waals surface area (Å²) in [5.74, 6) is -0.191. The first kappa shape index (κ1) is 21.7. The first-order valence-corrected chi connectivity index (χ1v) is 11.2. The van der Waals surface area contributed by atoms with Crippen molar-refractivity contribution in [3.05, 3.63) is 57.8 Å². The van der Waals surface area contributed by atoms with Crippen LogP contribution < -0.4 is 5.32 Å². The number of amidine groups is 1. The molecule has 4 nitrogen and oxygen atoms in total. The minimum Gasteiger partial charge on any atom is -0.318 e. The van der Waals surface area contributed by atoms with Crippen LogP contribution in [0.15, 0.2) is 40.2 Å². The monoisotopic (exact) mass is 447 g/mol. The fourth-order valence-electron chi connectivity index (χ4n) is 4.16. The Balaban J connectivity index is 1.61. The molecular weight excluding hydrogens is 423 g/mol. The van der Waals surface area contributed by atoms with Crippen molar-refractivity contribution in [1.29, 1.82) is 0 Å². The van der Waals surface area contributed by atoms with E-state index in [9.17, 15) is 18.0 Å². The van der Waals surface area contributed by atoms with Gasteiger partial charge in [0.15, 0.2) is 5.17 Å². The zero-order valence-electron chi connectivity index (χ0n) is 17.4. The lowest BCUT2D eigenvalue weighted by molar-refractivity contribution is -0.137. The Morgan fingerprint density at radius 3 is 2.61 bits per heavy atom. The van der Waals surface area contributed by atoms with Crippen LogP contribution in [0, 0.1) is 13.8 Å². The van der Waals surface area contributed by atoms with E-state index in [0.29, 0.717) is 15.8 Å². The van der Waals surface area contributed by atoms with Gasteiger partial charge in [-0.2, -0.15) is 13.2 Å². The van der Waals surface area contributed by atoms with Crippen molar-refractivity contribution in [1.82, 2.24) is 9.88 Å². The molecule has 2 heterocycles. The van der Waals surface area contributed by atoms with E-state index in [4.69, 9.17) is 4.99 Å². The first-order valence-electron chi connectivity index (χ1n) is 10.4. The third-order valence-corrected chi connectivity index (χ3v) is 6.64. The molecular formula is C23H24F3N3OS. The summed E-state index contributed by atoms with van der Waals surface area (Å²) in [7, 11) is 0. The van der Waals surface area contributed by atoms with Crippen LogP contribution in [0.1, 0.15) is 54.6 Å². The highest BCUT2D eigenvalue weighted by Gasteiger charge is 2.31. The molecule has 2 aromatic rings. The van der Waals surface area contributed by atoms with Gasteiger partial charge in [0.05, 0.1) is 16.5 Å². The summed E-state index contributed by atoms with van der Waals surface area (Å²) in [6, 6.07) is 7.41. The van der Waals surface area contributed by atoms with Gasteiger partial charge in [0.2, 0.25) is 0 Å². The van der Waals surface area contributed by atoms with Crippen molar-refractivity contribution in [2.24, 2.45) is 4.99 Å². The summed E-state index contributed by atoms with van der Waals surface area (Å²) >= 11 is 1.33. The molecule has 2 aliphatic rings. The number of aryl methyl sites for hydroxylation is 1. The Morgan fingerprint density at radius 1 is 1.16 bits per heavy atom. The van der Waals surface area contributed by atoms with Gasteiger partial charge in [-0.1, -0.05) is 25.3 Å². The van der Waals surface area contributed by atoms with Crippen LogP contribution in [-0.4, -0.2) is 21.7 Å². The SMILES string of the molecule is Cc1cc(/C=C2\SC(=NC3CCCCC3)NC2=O)c(C)n1-c1cccc(C(F)(F)F)c1. The number of amides is 1. The summed E-state index contributed by atoms with van der Waals surface area (Å²) in [6.07, 6.45) is 3.08. The maximum Gasteiger partial charge on any atom is 0.416 e. The smallest absolute Gasteiger partial charge is 0.318 e. The van der Waals surface area contributed by atoms with E-state index < -0.39 is 11.7 Å². The van der Waals surface area contributed by atoms with E-state index in [-0.39, 0.29) is 11.9 Å². The molecule has 1 aliphatic heterocycles. The number of carbonyl (C=O) groups is 1. The normalized spacial score (nSPS) is 20.6. The number of nitrogens with one attached hydrogen (secondary N) is 1. The van der Waals surface area contributed by atoms with Gasteiger partial charge in [0.25, 0.3) is 5.91 Å². The molecule has 0 bridgehead atoms. The molecule has 0 atom stereocenters. The van der Waals surface area contributed by atoms with E-state index in [1.165, 1.54) is 37.1 Å². The Kier molecular flexibility index (Phi) is 6.01. The zero-order chi connectivity index (χ0) is 22.2. The lowest BCUT2D eigenvalue weighted by atomic mass is 9.96. The summed E-state index contributed by atoms with van der Waals surface area (Å²) in [4.78, 5) is 17.7. The van der Waals surface area contributed by atoms with E-state index in [2.05, 4.69) is 5.32 Å². The predicted molar refractivity (Wildman–Crippen MR) is 118 cm³/mol. The Morgan fingerprint density at radius 2 is 1.90 bits per heavy atom. The zero-order valence-corrected chi connectivity index (χ0v) is 18.2. The van der Waals surface area contributed by atoms with Gasteiger partial charge in [-0.15, -0.1) is 0 Å². The molecule has 1 aliphatic carbocycles. The van der Waals surface area contributed by atoms with Crippen LogP contribution in [-0.2, 0) is 11.0 Å². The molecule has 0 spiro atoms. The fraction of sp³-hybridized carbons (Fsp3) is 0.391. The van der Waals surface area contributed by atoms with Crippen LogP contribution in [0.25, 0.3) is 11.8 Å². The van der Waals surface area contributed by atoms with Gasteiger partial charge in [0, 0.05) is 17.1 Å². The van der Waals surface area contributed by atoms with Gasteiger partial charge in [-0.3, -0.25) is 9.79 Å². The third kappa shape index (κ3) is 4.74. The number of hydrogen-bond donors (Lipinski definition) is 1. The number of nitrogens with zero attached hydrogens (tertiary/aromatic N) is 2. The standard InChI is InChI=1S/C23H24F3N3OS/c1-14-11-16(15(2)29(14)19-10-6-7-17(13-19)23(24,25)26)12-20-21(30)28-22(31-20)27-18-8-4-3-5-9-18/h6-7,10-13,18H,3-5,8-9H2,1-2H3,(H,27,28,30)/b20-12-. The highest BCUT2D eigenvalue weighted by Crippen LogP contribution is 2.33. The number of thioether (sulfide) groups is 1. The van der Waals surface area contributed by atoms with Crippen LogP contribution in [0.2, 0.25) is 0 Å². The lowest BCUT2D eigenvalue weighted by Gasteiger charge is -2.17. The van der Waals surface area contributed by atoms with Crippen LogP contribution in [0.5, 0.6) is 0 Å². The van der Waals surface area contributed by atoms with Crippen LogP contribution >= 0.6 is 11.8 Å². The summed E-state index contributed by atoms with van der Waals surface area (Å²) < 4.78 is 41.2. The lowest BCUT2D eigenvalue weighted by Crippen LogP contribution is -2.22. The number of halogens is 3. The molecule has 1 aromatic carbocycles. The minimum absolute atomic E-state index is 0.191. The molecule has 4 rings (SSSR count). The van der Waals surface area contributed by atoms with E-state index in [1.807, 2.05) is 19.9 Å². The van der Waals surface area contributed by atoms with Crippen molar-refractivity contribution < 1.29 is 18.0 Å². The van der Waals surface area contributed by atoms with E-state index in [0.717, 1.165) is 41.9 Å². The number of alkyl halides is 3. The van der Waals surface area contributed by atoms with E-state index >= 15 is 0 Å². The molecule has 1 saturated heterocycles. The maximum atomic E-state index is 13.1. The van der Waals surface area contributed by atoms with Crippen molar-refractivity contribution in [3.8, 4) is 5.69 Å². The van der Waals surface area contributed by atoms with E-state index in [1.54, 1.807) is 16.7 Å². The molecule has 164 valence electrons. The minimum atomic E-state index is -4.40. The van der Waals surface area contributed by atoms with Crippen LogP contribution in [0.3, 0.4) is 0 Å². The number of aliphatic imine (C=N–C) groups is 1. The molecule has 1 saturated carbocycles. The highest BCUT2D eigenvalue weighted by atomic mass is 32.2. The predicted octanol–water partition coefficient (Wildman–Crippen LogP) is 6.01. The average Bonchev–Trinajstić information content (AvgIpc) is 3.20. The van der Waals surface area contributed by atoms with Gasteiger partial charge >= 0.3 is 6.18 Å². The maximum absolute atomic E-state index is 13.1. The molecule has 2 fully saturated rings. The number of carbonyl (C=O) groups excluding carboxylic acids is 1. The number of benzene rings is 1. The molecule has 8 heteroatoms. The molecule has 31 heavy (non-hydrogen) atoms. The second-order valence-electron chi connectivity index (χ2n) is 8.00.